The number of nitro benzene ring substituents is 1. The molecule has 0 aromatic heterocycles. The third-order valence-electron chi connectivity index (χ3n) is 3.96. The van der Waals surface area contributed by atoms with Gasteiger partial charge >= 0.3 is 0 Å². The van der Waals surface area contributed by atoms with E-state index in [4.69, 9.17) is 0 Å². The van der Waals surface area contributed by atoms with Gasteiger partial charge in [-0.2, -0.15) is 0 Å². The monoisotopic (exact) mass is 363 g/mol. The number of hydrogen-bond acceptors (Lipinski definition) is 5. The summed E-state index contributed by atoms with van der Waals surface area (Å²) in [6.45, 7) is 3.97. The Balaban J connectivity index is 2.40. The van der Waals surface area contributed by atoms with Gasteiger partial charge < -0.3 is 5.32 Å². The van der Waals surface area contributed by atoms with Gasteiger partial charge in [0, 0.05) is 6.07 Å². The third-order valence-corrected chi connectivity index (χ3v) is 5.37. The van der Waals surface area contributed by atoms with Crippen LogP contribution in [0.2, 0.25) is 0 Å². The summed E-state index contributed by atoms with van der Waals surface area (Å²) in [5.74, 6) is 0. The van der Waals surface area contributed by atoms with Crippen molar-refractivity contribution in [3.05, 3.63) is 63.7 Å². The molecule has 7 nitrogen and oxygen atoms in total. The van der Waals surface area contributed by atoms with Crippen LogP contribution in [0, 0.1) is 17.0 Å². The van der Waals surface area contributed by atoms with E-state index in [1.54, 1.807) is 0 Å². The largest absolute Gasteiger partial charge is 0.373 e. The normalized spacial score (nSPS) is 12.6. The molecule has 2 N–H and O–H groups in total. The van der Waals surface area contributed by atoms with Crippen LogP contribution in [0.3, 0.4) is 0 Å². The van der Waals surface area contributed by atoms with Crippen molar-refractivity contribution in [1.82, 2.24) is 4.72 Å². The van der Waals surface area contributed by atoms with E-state index in [9.17, 15) is 18.5 Å². The maximum absolute atomic E-state index is 11.9. The summed E-state index contributed by atoms with van der Waals surface area (Å²) in [5, 5.41) is 14.5. The molecule has 0 aliphatic carbocycles. The Kier molecular flexibility index (Phi) is 5.76. The van der Waals surface area contributed by atoms with Crippen molar-refractivity contribution in [1.29, 1.82) is 0 Å². The summed E-state index contributed by atoms with van der Waals surface area (Å²) < 4.78 is 25.9. The standard InChI is InChI=1S/C17H21N3O4S/c1-4-15(13-7-5-12(2)6-8-13)19-16-10-9-14(25(23,24)18-3)11-17(16)20(21)22/h5-11,15,18-19H,4H2,1-3H3/t15-/m1/s1. The van der Waals surface area contributed by atoms with Gasteiger partial charge in [-0.1, -0.05) is 36.8 Å². The lowest BCUT2D eigenvalue weighted by Crippen LogP contribution is -2.19. The van der Waals surface area contributed by atoms with E-state index in [0.717, 1.165) is 23.6 Å². The molecule has 0 bridgehead atoms. The Morgan fingerprint density at radius 2 is 1.80 bits per heavy atom. The molecular formula is C17H21N3O4S. The van der Waals surface area contributed by atoms with Gasteiger partial charge in [0.05, 0.1) is 15.9 Å². The highest BCUT2D eigenvalue weighted by atomic mass is 32.2. The van der Waals surface area contributed by atoms with Crippen LogP contribution in [0.1, 0.15) is 30.5 Å². The SMILES string of the molecule is CC[C@@H](Nc1ccc(S(=O)(=O)NC)cc1[N+](=O)[O-])c1ccc(C)cc1. The summed E-state index contributed by atoms with van der Waals surface area (Å²) in [4.78, 5) is 10.7. The van der Waals surface area contributed by atoms with E-state index in [1.165, 1.54) is 19.2 Å². The van der Waals surface area contributed by atoms with Gasteiger partial charge in [-0.05, 0) is 38.1 Å². The molecule has 2 aromatic rings. The van der Waals surface area contributed by atoms with Crippen LogP contribution in [0.5, 0.6) is 0 Å². The molecule has 0 aliphatic rings. The number of sulfonamides is 1. The molecule has 2 rings (SSSR count). The Bertz CT molecular complexity index is 864. The van der Waals surface area contributed by atoms with Crippen LogP contribution >= 0.6 is 0 Å². The van der Waals surface area contributed by atoms with Gasteiger partial charge in [0.15, 0.2) is 0 Å². The molecule has 0 aliphatic heterocycles. The second kappa shape index (κ2) is 7.62. The van der Waals surface area contributed by atoms with E-state index >= 15 is 0 Å². The van der Waals surface area contributed by atoms with Crippen LogP contribution < -0.4 is 10.0 Å². The number of anilines is 1. The number of hydrogen-bond donors (Lipinski definition) is 2. The van der Waals surface area contributed by atoms with E-state index in [-0.39, 0.29) is 22.3 Å². The number of rotatable bonds is 7. The number of nitrogens with zero attached hydrogens (tertiary/aromatic N) is 1. The molecule has 0 saturated carbocycles. The fourth-order valence-corrected chi connectivity index (χ4v) is 3.23. The second-order valence-corrected chi connectivity index (χ2v) is 7.55. The average Bonchev–Trinajstić information content (AvgIpc) is 2.60. The van der Waals surface area contributed by atoms with Gasteiger partial charge in [-0.3, -0.25) is 10.1 Å². The van der Waals surface area contributed by atoms with Crippen LogP contribution in [-0.4, -0.2) is 20.4 Å². The topological polar surface area (TPSA) is 101 Å². The minimum absolute atomic E-state index is 0.119. The molecule has 25 heavy (non-hydrogen) atoms. The van der Waals surface area contributed by atoms with Crippen molar-refractivity contribution in [3.8, 4) is 0 Å². The highest BCUT2D eigenvalue weighted by molar-refractivity contribution is 7.89. The predicted octanol–water partition coefficient (Wildman–Crippen LogP) is 3.37. The summed E-state index contributed by atoms with van der Waals surface area (Å²) in [6.07, 6.45) is 0.719. The molecule has 0 fully saturated rings. The Hall–Kier alpha value is -2.45. The highest BCUT2D eigenvalue weighted by Crippen LogP contribution is 2.31. The van der Waals surface area contributed by atoms with Gasteiger partial charge in [0.25, 0.3) is 5.69 Å². The summed E-state index contributed by atoms with van der Waals surface area (Å²) in [6, 6.07) is 11.6. The van der Waals surface area contributed by atoms with Gasteiger partial charge in [-0.25, -0.2) is 13.1 Å². The molecule has 0 unspecified atom stereocenters. The van der Waals surface area contributed by atoms with Crippen molar-refractivity contribution >= 4 is 21.4 Å². The zero-order valence-electron chi connectivity index (χ0n) is 14.3. The molecule has 8 heteroatoms. The van der Waals surface area contributed by atoms with E-state index < -0.39 is 14.9 Å². The predicted molar refractivity (Wildman–Crippen MR) is 97.2 cm³/mol. The summed E-state index contributed by atoms with van der Waals surface area (Å²) in [7, 11) is -2.48. The number of benzene rings is 2. The fraction of sp³-hybridized carbons (Fsp3) is 0.294. The lowest BCUT2D eigenvalue weighted by atomic mass is 10.0. The third kappa shape index (κ3) is 4.34. The first kappa shape index (κ1) is 18.9. The van der Waals surface area contributed by atoms with Gasteiger partial charge in [0.2, 0.25) is 10.0 Å². The molecule has 0 saturated heterocycles. The van der Waals surface area contributed by atoms with Crippen molar-refractivity contribution in [3.63, 3.8) is 0 Å². The Labute approximate surface area is 147 Å². The van der Waals surface area contributed by atoms with Crippen molar-refractivity contribution in [2.75, 3.05) is 12.4 Å². The first-order valence-electron chi connectivity index (χ1n) is 7.83. The average molecular weight is 363 g/mol. The fourth-order valence-electron chi connectivity index (χ4n) is 2.48. The minimum Gasteiger partial charge on any atom is -0.373 e. The summed E-state index contributed by atoms with van der Waals surface area (Å²) in [5.41, 5.74) is 2.15. The molecule has 0 heterocycles. The molecule has 0 spiro atoms. The van der Waals surface area contributed by atoms with E-state index in [2.05, 4.69) is 10.0 Å². The first-order chi connectivity index (χ1) is 11.8. The lowest BCUT2D eigenvalue weighted by molar-refractivity contribution is -0.384. The van der Waals surface area contributed by atoms with E-state index in [0.29, 0.717) is 0 Å². The quantitative estimate of drug-likeness (QED) is 0.580. The number of aryl methyl sites for hydroxylation is 1. The Morgan fingerprint density at radius 1 is 1.16 bits per heavy atom. The van der Waals surface area contributed by atoms with Crippen molar-refractivity contribution < 1.29 is 13.3 Å². The zero-order chi connectivity index (χ0) is 18.6. The number of nitrogens with one attached hydrogen (secondary N) is 2. The van der Waals surface area contributed by atoms with Crippen molar-refractivity contribution in [2.45, 2.75) is 31.2 Å². The number of nitro groups is 1. The minimum atomic E-state index is -3.74. The molecular weight excluding hydrogens is 342 g/mol. The van der Waals surface area contributed by atoms with Crippen LogP contribution in [0.4, 0.5) is 11.4 Å². The Morgan fingerprint density at radius 3 is 2.32 bits per heavy atom. The maximum Gasteiger partial charge on any atom is 0.293 e. The molecule has 2 aromatic carbocycles. The van der Waals surface area contributed by atoms with Crippen LogP contribution in [0.25, 0.3) is 0 Å². The zero-order valence-corrected chi connectivity index (χ0v) is 15.1. The molecule has 1 atom stereocenters. The van der Waals surface area contributed by atoms with Crippen molar-refractivity contribution in [2.24, 2.45) is 0 Å². The van der Waals surface area contributed by atoms with Crippen LogP contribution in [0.15, 0.2) is 47.4 Å². The van der Waals surface area contributed by atoms with Crippen LogP contribution in [-0.2, 0) is 10.0 Å². The second-order valence-electron chi connectivity index (χ2n) is 5.66. The molecule has 0 radical (unpaired) electrons. The van der Waals surface area contributed by atoms with Gasteiger partial charge in [-0.15, -0.1) is 0 Å². The molecule has 134 valence electrons. The lowest BCUT2D eigenvalue weighted by Gasteiger charge is -2.19. The highest BCUT2D eigenvalue weighted by Gasteiger charge is 2.22. The molecule has 0 amide bonds. The first-order valence-corrected chi connectivity index (χ1v) is 9.32. The smallest absolute Gasteiger partial charge is 0.293 e. The summed E-state index contributed by atoms with van der Waals surface area (Å²) >= 11 is 0. The van der Waals surface area contributed by atoms with E-state index in [1.807, 2.05) is 38.1 Å². The van der Waals surface area contributed by atoms with Gasteiger partial charge in [0.1, 0.15) is 5.69 Å². The maximum atomic E-state index is 11.9.